The van der Waals surface area contributed by atoms with E-state index in [4.69, 9.17) is 5.11 Å². The van der Waals surface area contributed by atoms with Crippen LogP contribution in [-0.4, -0.2) is 55.8 Å². The number of hydrogen-bond acceptors (Lipinski definition) is 6. The Labute approximate surface area is 175 Å². The van der Waals surface area contributed by atoms with E-state index >= 15 is 0 Å². The molecule has 0 heterocycles. The third-order valence-electron chi connectivity index (χ3n) is 8.63. The number of aliphatic hydroxyl groups is 3. The van der Waals surface area contributed by atoms with Crippen LogP contribution in [0.15, 0.2) is 23.3 Å². The molecular formula is C23H30O7. The second-order valence-corrected chi connectivity index (χ2v) is 9.99. The summed E-state index contributed by atoms with van der Waals surface area (Å²) in [5.74, 6) is -1.90. The minimum atomic E-state index is -2.25. The van der Waals surface area contributed by atoms with Gasteiger partial charge in [0.05, 0.1) is 6.42 Å². The molecule has 0 aromatic heterocycles. The molecule has 4 rings (SSSR count). The number of aliphatic carboxylic acids is 1. The monoisotopic (exact) mass is 418 g/mol. The van der Waals surface area contributed by atoms with Gasteiger partial charge < -0.3 is 20.4 Å². The Hall–Kier alpha value is -1.83. The van der Waals surface area contributed by atoms with E-state index in [0.29, 0.717) is 12.8 Å². The lowest BCUT2D eigenvalue weighted by Gasteiger charge is -2.57. The molecule has 2 unspecified atom stereocenters. The second-order valence-electron chi connectivity index (χ2n) is 9.99. The Bertz CT molecular complexity index is 873. The number of hydrogen-bond donors (Lipinski definition) is 4. The fraction of sp³-hybridized carbons (Fsp3) is 0.696. The smallest absolute Gasteiger partial charge is 0.306 e. The van der Waals surface area contributed by atoms with Crippen molar-refractivity contribution in [2.75, 3.05) is 0 Å². The molecule has 7 heteroatoms. The first kappa shape index (κ1) is 21.4. The van der Waals surface area contributed by atoms with Crippen LogP contribution in [0.2, 0.25) is 0 Å². The predicted molar refractivity (Wildman–Crippen MR) is 106 cm³/mol. The van der Waals surface area contributed by atoms with Gasteiger partial charge in [-0.1, -0.05) is 31.1 Å². The highest BCUT2D eigenvalue weighted by Crippen LogP contribution is 2.65. The molecule has 0 saturated heterocycles. The van der Waals surface area contributed by atoms with Crippen LogP contribution in [0.1, 0.15) is 58.8 Å². The standard InChI is InChI=1S/C23H30O7/c1-21-7-5-13(24)9-12(21)3-4-14-15(21)6-8-22(2)16(14)10-18(26)23(22,30)20(29)17(25)11-19(27)28/h9-10,14-15,17-18,25-26,30H,3-8,11H2,1-2H3,(H,27,28)/t14-,15+,17?,18?,21+,22+,23+/m1/s1. The van der Waals surface area contributed by atoms with Crippen LogP contribution in [0, 0.1) is 22.7 Å². The summed E-state index contributed by atoms with van der Waals surface area (Å²) in [7, 11) is 0. The quantitative estimate of drug-likeness (QED) is 0.509. The third kappa shape index (κ3) is 2.71. The summed E-state index contributed by atoms with van der Waals surface area (Å²) < 4.78 is 0. The minimum absolute atomic E-state index is 0.0622. The highest BCUT2D eigenvalue weighted by atomic mass is 16.4. The Morgan fingerprint density at radius 1 is 1.20 bits per heavy atom. The fourth-order valence-corrected chi connectivity index (χ4v) is 6.87. The lowest BCUT2D eigenvalue weighted by molar-refractivity contribution is -0.175. The van der Waals surface area contributed by atoms with Crippen molar-refractivity contribution in [2.24, 2.45) is 22.7 Å². The fourth-order valence-electron chi connectivity index (χ4n) is 6.87. The molecule has 4 aliphatic rings. The molecule has 7 atom stereocenters. The molecule has 2 fully saturated rings. The Kier molecular flexibility index (Phi) is 4.88. The molecule has 0 radical (unpaired) electrons. The SMILES string of the molecule is C[C@]12CCC(=O)C=C1CC[C@H]1C3=CC(O)[C@](O)(C(=O)C(O)CC(=O)O)[C@@]3(C)CC[C@@H]12. The minimum Gasteiger partial charge on any atom is -0.481 e. The lowest BCUT2D eigenvalue weighted by Crippen LogP contribution is -2.62. The lowest BCUT2D eigenvalue weighted by atomic mass is 9.47. The van der Waals surface area contributed by atoms with Gasteiger partial charge in [-0.25, -0.2) is 0 Å². The zero-order chi connectivity index (χ0) is 22.1. The number of rotatable bonds is 4. The Morgan fingerprint density at radius 3 is 2.57 bits per heavy atom. The van der Waals surface area contributed by atoms with Gasteiger partial charge in [0, 0.05) is 11.8 Å². The van der Waals surface area contributed by atoms with E-state index in [0.717, 1.165) is 31.3 Å². The Balaban J connectivity index is 1.69. The number of fused-ring (bicyclic) bond motifs is 5. The maximum absolute atomic E-state index is 13.0. The van der Waals surface area contributed by atoms with Crippen molar-refractivity contribution in [3.63, 3.8) is 0 Å². The number of carbonyl (C=O) groups is 3. The Morgan fingerprint density at radius 2 is 1.90 bits per heavy atom. The largest absolute Gasteiger partial charge is 0.481 e. The molecule has 0 amide bonds. The van der Waals surface area contributed by atoms with Crippen LogP contribution in [0.4, 0.5) is 0 Å². The number of Topliss-reactive ketones (excluding diaryl/α,β-unsaturated/α-hetero) is 1. The highest BCUT2D eigenvalue weighted by molar-refractivity contribution is 5.96. The van der Waals surface area contributed by atoms with Crippen molar-refractivity contribution in [1.29, 1.82) is 0 Å². The molecule has 0 aromatic rings. The second kappa shape index (κ2) is 6.84. The average molecular weight is 418 g/mol. The van der Waals surface area contributed by atoms with Gasteiger partial charge >= 0.3 is 5.97 Å². The van der Waals surface area contributed by atoms with Gasteiger partial charge in [-0.15, -0.1) is 0 Å². The summed E-state index contributed by atoms with van der Waals surface area (Å²) in [5.41, 5.74) is -1.40. The van der Waals surface area contributed by atoms with Crippen LogP contribution < -0.4 is 0 Å². The zero-order valence-corrected chi connectivity index (χ0v) is 17.4. The molecular weight excluding hydrogens is 388 g/mol. The number of carboxylic acid groups (broad SMARTS) is 1. The van der Waals surface area contributed by atoms with Gasteiger partial charge in [-0.3, -0.25) is 14.4 Å². The molecule has 0 aromatic carbocycles. The maximum Gasteiger partial charge on any atom is 0.306 e. The summed E-state index contributed by atoms with van der Waals surface area (Å²) in [6.07, 6.45) is 3.17. The first-order valence-corrected chi connectivity index (χ1v) is 10.8. The number of aliphatic hydroxyl groups excluding tert-OH is 2. The third-order valence-corrected chi connectivity index (χ3v) is 8.63. The van der Waals surface area contributed by atoms with Gasteiger partial charge in [0.25, 0.3) is 0 Å². The van der Waals surface area contributed by atoms with Crippen LogP contribution in [-0.2, 0) is 14.4 Å². The highest BCUT2D eigenvalue weighted by Gasteiger charge is 2.67. The number of carboxylic acids is 1. The van der Waals surface area contributed by atoms with Gasteiger partial charge in [0.1, 0.15) is 12.2 Å². The summed E-state index contributed by atoms with van der Waals surface area (Å²) in [4.78, 5) is 35.9. The van der Waals surface area contributed by atoms with E-state index in [9.17, 15) is 29.7 Å². The molecule has 0 aliphatic heterocycles. The van der Waals surface area contributed by atoms with E-state index in [1.165, 1.54) is 5.57 Å². The first-order valence-electron chi connectivity index (χ1n) is 10.8. The molecule has 0 bridgehead atoms. The molecule has 30 heavy (non-hydrogen) atoms. The number of ketones is 2. The van der Waals surface area contributed by atoms with E-state index in [1.807, 2.05) is 0 Å². The summed E-state index contributed by atoms with van der Waals surface area (Å²) in [6, 6.07) is 0. The van der Waals surface area contributed by atoms with Crippen molar-refractivity contribution in [1.82, 2.24) is 0 Å². The van der Waals surface area contributed by atoms with E-state index in [-0.39, 0.29) is 23.0 Å². The van der Waals surface area contributed by atoms with Crippen LogP contribution >= 0.6 is 0 Å². The van der Waals surface area contributed by atoms with Crippen LogP contribution in [0.25, 0.3) is 0 Å². The maximum atomic E-state index is 13.0. The van der Waals surface area contributed by atoms with Crippen molar-refractivity contribution in [3.8, 4) is 0 Å². The normalized spacial score (nSPS) is 43.6. The van der Waals surface area contributed by atoms with Gasteiger partial charge in [0.15, 0.2) is 17.2 Å². The van der Waals surface area contributed by atoms with Gasteiger partial charge in [-0.05, 0) is 55.4 Å². The summed E-state index contributed by atoms with van der Waals surface area (Å²) in [6.45, 7) is 3.94. The van der Waals surface area contributed by atoms with E-state index in [1.54, 1.807) is 19.1 Å². The number of carbonyl (C=O) groups excluding carboxylic acids is 2. The molecule has 0 spiro atoms. The van der Waals surface area contributed by atoms with Crippen LogP contribution in [0.5, 0.6) is 0 Å². The topological polar surface area (TPSA) is 132 Å². The molecule has 7 nitrogen and oxygen atoms in total. The van der Waals surface area contributed by atoms with E-state index in [2.05, 4.69) is 6.92 Å². The van der Waals surface area contributed by atoms with E-state index < -0.39 is 41.4 Å². The molecule has 164 valence electrons. The summed E-state index contributed by atoms with van der Waals surface area (Å²) >= 11 is 0. The predicted octanol–water partition coefficient (Wildman–Crippen LogP) is 1.54. The number of allylic oxidation sites excluding steroid dienone is 2. The van der Waals surface area contributed by atoms with Crippen LogP contribution in [0.3, 0.4) is 0 Å². The summed E-state index contributed by atoms with van der Waals surface area (Å²) in [5, 5.41) is 41.2. The van der Waals surface area contributed by atoms with Gasteiger partial charge in [-0.2, -0.15) is 0 Å². The average Bonchev–Trinajstić information content (AvgIpc) is 2.88. The van der Waals surface area contributed by atoms with Crippen molar-refractivity contribution >= 4 is 17.5 Å². The molecule has 2 saturated carbocycles. The molecule has 4 aliphatic carbocycles. The van der Waals surface area contributed by atoms with Gasteiger partial charge in [0.2, 0.25) is 0 Å². The first-order chi connectivity index (χ1) is 13.9. The molecule has 4 N–H and O–H groups in total. The van der Waals surface area contributed by atoms with Crippen molar-refractivity contribution in [3.05, 3.63) is 23.3 Å². The van der Waals surface area contributed by atoms with Crippen molar-refractivity contribution in [2.45, 2.75) is 76.6 Å². The van der Waals surface area contributed by atoms with Crippen molar-refractivity contribution < 1.29 is 34.8 Å². The zero-order valence-electron chi connectivity index (χ0n) is 17.4.